The Balaban J connectivity index is 1.31. The van der Waals surface area contributed by atoms with Crippen LogP contribution in [0.25, 0.3) is 11.3 Å². The van der Waals surface area contributed by atoms with Crippen molar-refractivity contribution < 1.29 is 14.3 Å². The number of carbonyl (C=O) groups is 2. The van der Waals surface area contributed by atoms with Crippen molar-refractivity contribution in [3.05, 3.63) is 69.8 Å². The number of H-pyrrole nitrogens is 1. The van der Waals surface area contributed by atoms with Crippen LogP contribution in [0.4, 0.5) is 0 Å². The molecule has 0 bridgehead atoms. The highest BCUT2D eigenvalue weighted by molar-refractivity contribution is 9.10. The number of Topliss-reactive ketones (excluding diaryl/α,β-unsaturated/α-hetero) is 1. The molecule has 1 aromatic heterocycles. The van der Waals surface area contributed by atoms with Crippen LogP contribution in [-0.4, -0.2) is 45.5 Å². The Hall–Kier alpha value is -2.93. The third kappa shape index (κ3) is 3.67. The molecule has 3 aromatic rings. The van der Waals surface area contributed by atoms with Gasteiger partial charge in [0.1, 0.15) is 11.4 Å². The number of fused-ring (bicyclic) bond motifs is 1. The van der Waals surface area contributed by atoms with Crippen LogP contribution in [0.2, 0.25) is 0 Å². The molecule has 1 N–H and O–H groups in total. The number of halogens is 1. The van der Waals surface area contributed by atoms with Gasteiger partial charge in [0, 0.05) is 47.7 Å². The summed E-state index contributed by atoms with van der Waals surface area (Å²) in [7, 11) is 0. The summed E-state index contributed by atoms with van der Waals surface area (Å²) in [5, 5.41) is 6.91. The molecule has 2 aliphatic rings. The fourth-order valence-electron chi connectivity index (χ4n) is 4.43. The molecule has 1 fully saturated rings. The van der Waals surface area contributed by atoms with Crippen molar-refractivity contribution in [3.63, 3.8) is 0 Å². The van der Waals surface area contributed by atoms with Gasteiger partial charge in [-0.3, -0.25) is 14.7 Å². The van der Waals surface area contributed by atoms with Gasteiger partial charge in [-0.15, -0.1) is 0 Å². The number of ether oxygens (including phenoxy) is 1. The van der Waals surface area contributed by atoms with Gasteiger partial charge in [-0.2, -0.15) is 5.10 Å². The predicted molar refractivity (Wildman–Crippen MR) is 120 cm³/mol. The van der Waals surface area contributed by atoms with Gasteiger partial charge >= 0.3 is 0 Å². The second-order valence-electron chi connectivity index (χ2n) is 8.33. The maximum Gasteiger partial charge on any atom is 0.253 e. The van der Waals surface area contributed by atoms with Gasteiger partial charge in [0.15, 0.2) is 5.78 Å². The van der Waals surface area contributed by atoms with Gasteiger partial charge in [0.2, 0.25) is 0 Å². The number of piperidine rings is 1. The lowest BCUT2D eigenvalue weighted by Gasteiger charge is -2.44. The van der Waals surface area contributed by atoms with Gasteiger partial charge in [0.25, 0.3) is 5.91 Å². The van der Waals surface area contributed by atoms with Crippen molar-refractivity contribution in [2.45, 2.75) is 31.8 Å². The average Bonchev–Trinajstić information content (AvgIpc) is 3.31. The topological polar surface area (TPSA) is 75.3 Å². The number of benzene rings is 2. The van der Waals surface area contributed by atoms with E-state index in [2.05, 4.69) is 26.1 Å². The molecule has 0 saturated carbocycles. The lowest BCUT2D eigenvalue weighted by Crippen LogP contribution is -2.52. The number of likely N-dealkylation sites (tertiary alicyclic amines) is 1. The van der Waals surface area contributed by atoms with Crippen molar-refractivity contribution in [3.8, 4) is 17.0 Å². The second kappa shape index (κ2) is 7.64. The van der Waals surface area contributed by atoms with Gasteiger partial charge in [-0.05, 0) is 42.8 Å². The first kappa shape index (κ1) is 20.0. The predicted octanol–water partition coefficient (Wildman–Crippen LogP) is 4.79. The van der Waals surface area contributed by atoms with E-state index in [1.807, 2.05) is 54.3 Å². The molecule has 0 radical (unpaired) electrons. The molecule has 7 heteroatoms. The number of rotatable bonds is 2. The summed E-state index contributed by atoms with van der Waals surface area (Å²) in [5.74, 6) is 0.761. The molecule has 1 saturated heterocycles. The van der Waals surface area contributed by atoms with Crippen molar-refractivity contribution in [1.29, 1.82) is 0 Å². The number of aryl methyl sites for hydroxylation is 1. The number of amides is 1. The smallest absolute Gasteiger partial charge is 0.253 e. The van der Waals surface area contributed by atoms with Gasteiger partial charge in [0.05, 0.1) is 17.7 Å². The lowest BCUT2D eigenvalue weighted by molar-refractivity contribution is -0.00575. The zero-order valence-electron chi connectivity index (χ0n) is 17.2. The molecule has 1 spiro atoms. The molecule has 2 aromatic carbocycles. The zero-order valence-corrected chi connectivity index (χ0v) is 18.7. The van der Waals surface area contributed by atoms with Crippen LogP contribution in [0, 0.1) is 6.92 Å². The number of aromatic nitrogens is 2. The van der Waals surface area contributed by atoms with Crippen molar-refractivity contribution in [1.82, 2.24) is 15.1 Å². The first-order valence-corrected chi connectivity index (χ1v) is 11.1. The molecule has 0 aliphatic carbocycles. The number of carbonyl (C=O) groups excluding carboxylic acids is 2. The molecule has 158 valence electrons. The SMILES string of the molecule is Cc1cc2c(cc1Br)C(=O)CC1(CCN(C(=O)c3cccc(-c4ccn[nH]4)c3)CC1)O2. The van der Waals surface area contributed by atoms with Crippen molar-refractivity contribution >= 4 is 27.6 Å². The summed E-state index contributed by atoms with van der Waals surface area (Å²) in [6, 6.07) is 13.2. The van der Waals surface area contributed by atoms with Crippen molar-refractivity contribution in [2.24, 2.45) is 0 Å². The summed E-state index contributed by atoms with van der Waals surface area (Å²) in [6.07, 6.45) is 3.32. The van der Waals surface area contributed by atoms with Gasteiger partial charge in [-0.25, -0.2) is 0 Å². The minimum absolute atomic E-state index is 0.00136. The van der Waals surface area contributed by atoms with Crippen LogP contribution < -0.4 is 4.74 Å². The van der Waals surface area contributed by atoms with Crippen LogP contribution in [0.15, 0.2) is 53.1 Å². The molecule has 31 heavy (non-hydrogen) atoms. The number of aromatic amines is 1. The maximum atomic E-state index is 13.1. The van der Waals surface area contributed by atoms with Crippen LogP contribution in [0.3, 0.4) is 0 Å². The third-order valence-corrected chi connectivity index (χ3v) is 7.11. The molecule has 3 heterocycles. The third-order valence-electron chi connectivity index (χ3n) is 6.25. The Morgan fingerprint density at radius 2 is 2.00 bits per heavy atom. The largest absolute Gasteiger partial charge is 0.486 e. The number of nitrogens with zero attached hydrogens (tertiary/aromatic N) is 2. The molecule has 2 aliphatic heterocycles. The highest BCUT2D eigenvalue weighted by Gasteiger charge is 2.44. The summed E-state index contributed by atoms with van der Waals surface area (Å²) in [6.45, 7) is 3.11. The molecule has 6 nitrogen and oxygen atoms in total. The maximum absolute atomic E-state index is 13.1. The minimum atomic E-state index is -0.529. The first-order valence-electron chi connectivity index (χ1n) is 10.4. The summed E-state index contributed by atoms with van der Waals surface area (Å²) < 4.78 is 7.29. The fraction of sp³-hybridized carbons (Fsp3) is 0.292. The standard InChI is InChI=1S/C24H22BrN3O3/c1-15-11-22-18(13-19(15)25)21(29)14-24(31-22)6-9-28(10-7-24)23(30)17-4-2-3-16(12-17)20-5-8-26-27-20/h2-5,8,11-13H,6-7,9-10,14H2,1H3,(H,26,27). The summed E-state index contributed by atoms with van der Waals surface area (Å²) >= 11 is 3.50. The fourth-order valence-corrected chi connectivity index (χ4v) is 4.77. The van der Waals surface area contributed by atoms with E-state index in [-0.39, 0.29) is 11.7 Å². The molecule has 5 rings (SSSR count). The van der Waals surface area contributed by atoms with Crippen LogP contribution >= 0.6 is 15.9 Å². The Kier molecular flexibility index (Phi) is 4.93. The van der Waals surface area contributed by atoms with Crippen LogP contribution in [0.1, 0.15) is 45.5 Å². The average molecular weight is 480 g/mol. The normalized spacial score (nSPS) is 17.4. The monoisotopic (exact) mass is 479 g/mol. The van der Waals surface area contributed by atoms with E-state index in [4.69, 9.17) is 4.74 Å². The number of hydrogen-bond donors (Lipinski definition) is 1. The zero-order chi connectivity index (χ0) is 21.6. The number of ketones is 1. The first-order chi connectivity index (χ1) is 14.9. The highest BCUT2D eigenvalue weighted by Crippen LogP contribution is 2.41. The van der Waals surface area contributed by atoms with E-state index in [9.17, 15) is 9.59 Å². The van der Waals surface area contributed by atoms with E-state index < -0.39 is 5.60 Å². The van der Waals surface area contributed by atoms with E-state index >= 15 is 0 Å². The highest BCUT2D eigenvalue weighted by atomic mass is 79.9. The minimum Gasteiger partial charge on any atom is -0.486 e. The number of hydrogen-bond acceptors (Lipinski definition) is 4. The summed E-state index contributed by atoms with van der Waals surface area (Å²) in [5.41, 5.74) is 3.59. The van der Waals surface area contributed by atoms with Crippen molar-refractivity contribution in [2.75, 3.05) is 13.1 Å². The van der Waals surface area contributed by atoms with E-state index in [0.29, 0.717) is 49.2 Å². The second-order valence-corrected chi connectivity index (χ2v) is 9.18. The Labute approximate surface area is 188 Å². The Morgan fingerprint density at radius 3 is 2.74 bits per heavy atom. The number of nitrogens with one attached hydrogen (secondary N) is 1. The van der Waals surface area contributed by atoms with Gasteiger partial charge in [-0.1, -0.05) is 28.1 Å². The van der Waals surface area contributed by atoms with E-state index in [0.717, 1.165) is 21.3 Å². The lowest BCUT2D eigenvalue weighted by atomic mass is 9.82. The van der Waals surface area contributed by atoms with Gasteiger partial charge < -0.3 is 9.64 Å². The van der Waals surface area contributed by atoms with Crippen LogP contribution in [-0.2, 0) is 0 Å². The quantitative estimate of drug-likeness (QED) is 0.573. The molecule has 0 atom stereocenters. The molecule has 0 unspecified atom stereocenters. The summed E-state index contributed by atoms with van der Waals surface area (Å²) in [4.78, 5) is 27.8. The molecular weight excluding hydrogens is 458 g/mol. The molecular formula is C24H22BrN3O3. The van der Waals surface area contributed by atoms with E-state index in [1.165, 1.54) is 0 Å². The molecule has 1 amide bonds. The Morgan fingerprint density at radius 1 is 1.19 bits per heavy atom. The van der Waals surface area contributed by atoms with Crippen LogP contribution in [0.5, 0.6) is 5.75 Å². The van der Waals surface area contributed by atoms with E-state index in [1.54, 1.807) is 6.20 Å². The Bertz CT molecular complexity index is 1160.